The van der Waals surface area contributed by atoms with Crippen LogP contribution in [0, 0.1) is 0 Å². The predicted octanol–water partition coefficient (Wildman–Crippen LogP) is 0.925. The summed E-state index contributed by atoms with van der Waals surface area (Å²) in [6, 6.07) is 2.05. The van der Waals surface area contributed by atoms with Crippen LogP contribution in [0.1, 0.15) is 11.3 Å². The van der Waals surface area contributed by atoms with Crippen LogP contribution in [0.15, 0.2) is 16.7 Å². The van der Waals surface area contributed by atoms with E-state index in [-0.39, 0.29) is 0 Å². The lowest BCUT2D eigenvalue weighted by Gasteiger charge is -2.09. The van der Waals surface area contributed by atoms with Crippen LogP contribution in [-0.2, 0) is 13.0 Å². The van der Waals surface area contributed by atoms with Gasteiger partial charge in [0.2, 0.25) is 0 Å². The van der Waals surface area contributed by atoms with Gasteiger partial charge in [-0.25, -0.2) is 0 Å². The SMILES string of the molecule is c1cc2c(o1)CNCC2. The van der Waals surface area contributed by atoms with E-state index in [0.717, 1.165) is 25.3 Å². The van der Waals surface area contributed by atoms with Gasteiger partial charge in [0.05, 0.1) is 12.8 Å². The number of furan rings is 1. The summed E-state index contributed by atoms with van der Waals surface area (Å²) >= 11 is 0. The quantitative estimate of drug-likeness (QED) is 0.555. The maximum Gasteiger partial charge on any atom is 0.120 e. The summed E-state index contributed by atoms with van der Waals surface area (Å²) in [5.41, 5.74) is 1.37. The van der Waals surface area contributed by atoms with Gasteiger partial charge in [0.25, 0.3) is 0 Å². The molecular formula is C7H9NO. The second-order valence-electron chi connectivity index (χ2n) is 2.30. The highest BCUT2D eigenvalue weighted by Gasteiger charge is 2.09. The van der Waals surface area contributed by atoms with Crippen LogP contribution in [0.4, 0.5) is 0 Å². The number of nitrogens with one attached hydrogen (secondary N) is 1. The second-order valence-corrected chi connectivity index (χ2v) is 2.30. The van der Waals surface area contributed by atoms with Crippen LogP contribution in [0.3, 0.4) is 0 Å². The number of fused-ring (bicyclic) bond motifs is 1. The summed E-state index contributed by atoms with van der Waals surface area (Å²) in [5.74, 6) is 1.11. The largest absolute Gasteiger partial charge is 0.468 e. The average Bonchev–Trinajstić information content (AvgIpc) is 2.33. The van der Waals surface area contributed by atoms with Gasteiger partial charge in [0, 0.05) is 0 Å². The smallest absolute Gasteiger partial charge is 0.120 e. The molecule has 0 unspecified atom stereocenters. The lowest BCUT2D eigenvalue weighted by atomic mass is 10.1. The van der Waals surface area contributed by atoms with Gasteiger partial charge in [-0.1, -0.05) is 0 Å². The molecule has 0 saturated carbocycles. The minimum absolute atomic E-state index is 0.905. The first-order valence-electron chi connectivity index (χ1n) is 3.23. The molecule has 1 N–H and O–H groups in total. The summed E-state index contributed by atoms with van der Waals surface area (Å²) < 4.78 is 5.19. The van der Waals surface area contributed by atoms with Gasteiger partial charge in [0.15, 0.2) is 0 Å². The van der Waals surface area contributed by atoms with Gasteiger partial charge in [-0.05, 0) is 24.6 Å². The van der Waals surface area contributed by atoms with Crippen molar-refractivity contribution < 1.29 is 4.42 Å². The van der Waals surface area contributed by atoms with Gasteiger partial charge >= 0.3 is 0 Å². The highest BCUT2D eigenvalue weighted by atomic mass is 16.3. The van der Waals surface area contributed by atoms with Gasteiger partial charge in [-0.15, -0.1) is 0 Å². The molecule has 0 radical (unpaired) electrons. The molecule has 2 rings (SSSR count). The zero-order valence-electron chi connectivity index (χ0n) is 5.18. The zero-order chi connectivity index (χ0) is 6.10. The number of rotatable bonds is 0. The van der Waals surface area contributed by atoms with Gasteiger partial charge in [-0.3, -0.25) is 0 Å². The minimum atomic E-state index is 0.905. The van der Waals surface area contributed by atoms with Crippen molar-refractivity contribution in [3.8, 4) is 0 Å². The van der Waals surface area contributed by atoms with E-state index in [1.807, 2.05) is 0 Å². The third-order valence-electron chi connectivity index (χ3n) is 1.69. The summed E-state index contributed by atoms with van der Waals surface area (Å²) in [7, 11) is 0. The van der Waals surface area contributed by atoms with E-state index in [9.17, 15) is 0 Å². The fourth-order valence-corrected chi connectivity index (χ4v) is 1.17. The van der Waals surface area contributed by atoms with Crippen LogP contribution in [0.5, 0.6) is 0 Å². The van der Waals surface area contributed by atoms with E-state index in [0.29, 0.717) is 0 Å². The molecule has 9 heavy (non-hydrogen) atoms. The first kappa shape index (κ1) is 5.06. The van der Waals surface area contributed by atoms with Gasteiger partial charge in [0.1, 0.15) is 5.76 Å². The Labute approximate surface area is 53.9 Å². The molecule has 0 aromatic carbocycles. The molecular weight excluding hydrogens is 114 g/mol. The Kier molecular flexibility index (Phi) is 1.06. The number of hydrogen-bond donors (Lipinski definition) is 1. The van der Waals surface area contributed by atoms with Crippen molar-refractivity contribution in [1.29, 1.82) is 0 Å². The molecule has 0 fully saturated rings. The average molecular weight is 123 g/mol. The molecule has 1 aliphatic rings. The molecule has 1 aromatic heterocycles. The molecule has 0 amide bonds. The van der Waals surface area contributed by atoms with E-state index in [4.69, 9.17) is 4.42 Å². The van der Waals surface area contributed by atoms with Crippen LogP contribution in [-0.4, -0.2) is 6.54 Å². The van der Waals surface area contributed by atoms with Gasteiger partial charge in [-0.2, -0.15) is 0 Å². The molecule has 2 nitrogen and oxygen atoms in total. The lowest BCUT2D eigenvalue weighted by molar-refractivity contribution is 0.463. The molecule has 1 aliphatic heterocycles. The standard InChI is InChI=1S/C7H9NO/c1-3-8-5-7-6(1)2-4-9-7/h2,4,8H,1,3,5H2. The Hall–Kier alpha value is -0.760. The Morgan fingerprint density at radius 3 is 3.44 bits per heavy atom. The van der Waals surface area contributed by atoms with E-state index in [1.165, 1.54) is 5.56 Å². The van der Waals surface area contributed by atoms with Gasteiger partial charge < -0.3 is 9.73 Å². The molecule has 0 aliphatic carbocycles. The first-order valence-corrected chi connectivity index (χ1v) is 3.23. The van der Waals surface area contributed by atoms with E-state index in [1.54, 1.807) is 6.26 Å². The molecule has 0 bridgehead atoms. The normalized spacial score (nSPS) is 17.3. The zero-order valence-corrected chi connectivity index (χ0v) is 5.18. The highest BCUT2D eigenvalue weighted by Crippen LogP contribution is 2.13. The Balaban J connectivity index is 2.39. The van der Waals surface area contributed by atoms with Crippen molar-refractivity contribution in [2.45, 2.75) is 13.0 Å². The van der Waals surface area contributed by atoms with Crippen molar-refractivity contribution >= 4 is 0 Å². The Morgan fingerprint density at radius 1 is 1.56 bits per heavy atom. The Bertz CT molecular complexity index is 184. The molecule has 1 aromatic rings. The summed E-state index contributed by atoms with van der Waals surface area (Å²) in [4.78, 5) is 0. The van der Waals surface area contributed by atoms with Crippen molar-refractivity contribution in [3.05, 3.63) is 23.7 Å². The van der Waals surface area contributed by atoms with E-state index >= 15 is 0 Å². The molecule has 2 heterocycles. The molecule has 0 atom stereocenters. The minimum Gasteiger partial charge on any atom is -0.468 e. The molecule has 0 saturated heterocycles. The monoisotopic (exact) mass is 123 g/mol. The fourth-order valence-electron chi connectivity index (χ4n) is 1.17. The van der Waals surface area contributed by atoms with Crippen molar-refractivity contribution in [3.63, 3.8) is 0 Å². The molecule has 2 heteroatoms. The van der Waals surface area contributed by atoms with Crippen LogP contribution in [0.25, 0.3) is 0 Å². The molecule has 0 spiro atoms. The third kappa shape index (κ3) is 0.754. The molecule has 48 valence electrons. The topological polar surface area (TPSA) is 25.2 Å². The summed E-state index contributed by atoms with van der Waals surface area (Å²) in [6.07, 6.45) is 2.88. The van der Waals surface area contributed by atoms with Crippen molar-refractivity contribution in [1.82, 2.24) is 5.32 Å². The van der Waals surface area contributed by atoms with E-state index < -0.39 is 0 Å². The number of hydrogen-bond acceptors (Lipinski definition) is 2. The maximum atomic E-state index is 5.19. The summed E-state index contributed by atoms with van der Waals surface area (Å²) in [6.45, 7) is 1.99. The first-order chi connectivity index (χ1) is 4.47. The second kappa shape index (κ2) is 1.88. The summed E-state index contributed by atoms with van der Waals surface area (Å²) in [5, 5.41) is 3.23. The van der Waals surface area contributed by atoms with E-state index in [2.05, 4.69) is 11.4 Å². The predicted molar refractivity (Wildman–Crippen MR) is 34.1 cm³/mol. The highest BCUT2D eigenvalue weighted by molar-refractivity contribution is 5.19. The van der Waals surface area contributed by atoms with Crippen LogP contribution >= 0.6 is 0 Å². The Morgan fingerprint density at radius 2 is 2.56 bits per heavy atom. The fraction of sp³-hybridized carbons (Fsp3) is 0.429. The van der Waals surface area contributed by atoms with Crippen LogP contribution in [0.2, 0.25) is 0 Å². The maximum absolute atomic E-state index is 5.19. The lowest BCUT2D eigenvalue weighted by Crippen LogP contribution is -2.22. The van der Waals surface area contributed by atoms with Crippen LogP contribution < -0.4 is 5.32 Å². The third-order valence-corrected chi connectivity index (χ3v) is 1.69. The van der Waals surface area contributed by atoms with Crippen molar-refractivity contribution in [2.24, 2.45) is 0 Å². The van der Waals surface area contributed by atoms with Crippen molar-refractivity contribution in [2.75, 3.05) is 6.54 Å².